The first-order valence-electron chi connectivity index (χ1n) is 6.53. The van der Waals surface area contributed by atoms with Crippen LogP contribution in [0.3, 0.4) is 0 Å². The molecule has 0 aliphatic carbocycles. The number of nitrogens with zero attached hydrogens (tertiary/aromatic N) is 1. The van der Waals surface area contributed by atoms with Crippen LogP contribution in [0.15, 0.2) is 0 Å². The van der Waals surface area contributed by atoms with Crippen LogP contribution in [0, 0.1) is 5.92 Å². The molecule has 1 heterocycles. The number of amides is 1. The first kappa shape index (κ1) is 15.7. The summed E-state index contributed by atoms with van der Waals surface area (Å²) in [6.07, 6.45) is -1.70. The van der Waals surface area contributed by atoms with Crippen molar-refractivity contribution in [1.82, 2.24) is 4.90 Å². The number of ether oxygens (including phenoxy) is 2. The van der Waals surface area contributed by atoms with Gasteiger partial charge in [-0.1, -0.05) is 0 Å². The molecule has 0 aromatic heterocycles. The molecule has 0 N–H and O–H groups in total. The van der Waals surface area contributed by atoms with Gasteiger partial charge in [-0.2, -0.15) is 0 Å². The summed E-state index contributed by atoms with van der Waals surface area (Å²) in [4.78, 5) is 24.5. The van der Waals surface area contributed by atoms with Gasteiger partial charge in [-0.3, -0.25) is 0 Å². The van der Waals surface area contributed by atoms with Gasteiger partial charge in [0.2, 0.25) is 6.17 Å². The van der Waals surface area contributed by atoms with Gasteiger partial charge in [-0.15, -0.1) is 0 Å². The highest BCUT2D eigenvalue weighted by atomic mass is 19.1. The minimum Gasteiger partial charge on any atom is -0.464 e. The van der Waals surface area contributed by atoms with Crippen molar-refractivity contribution in [1.29, 1.82) is 0 Å². The Kier molecular flexibility index (Phi) is 5.14. The molecule has 1 saturated heterocycles. The normalized spacial score (nSPS) is 21.1. The Morgan fingerprint density at radius 2 is 2.05 bits per heavy atom. The van der Waals surface area contributed by atoms with Crippen molar-refractivity contribution in [3.8, 4) is 0 Å². The van der Waals surface area contributed by atoms with Gasteiger partial charge >= 0.3 is 12.1 Å². The molecule has 1 fully saturated rings. The quantitative estimate of drug-likeness (QED) is 0.740. The molecule has 0 spiro atoms. The fraction of sp³-hybridized carbons (Fsp3) is 0.846. The molecule has 0 saturated carbocycles. The fourth-order valence-electron chi connectivity index (χ4n) is 1.93. The zero-order valence-corrected chi connectivity index (χ0v) is 11.9. The SMILES string of the molecule is CCOC(=O)C(F)C1CCN(C(=O)OC(C)(C)C)C1. The van der Waals surface area contributed by atoms with Gasteiger partial charge in [-0.05, 0) is 34.1 Å². The molecule has 6 heteroatoms. The Hall–Kier alpha value is -1.33. The van der Waals surface area contributed by atoms with Crippen molar-refractivity contribution in [2.45, 2.75) is 45.9 Å². The van der Waals surface area contributed by atoms with Crippen LogP contribution >= 0.6 is 0 Å². The van der Waals surface area contributed by atoms with Crippen LogP contribution in [0.1, 0.15) is 34.1 Å². The second kappa shape index (κ2) is 6.21. The average Bonchev–Trinajstić information content (AvgIpc) is 2.75. The molecule has 5 nitrogen and oxygen atoms in total. The molecule has 1 amide bonds. The Labute approximate surface area is 113 Å². The third kappa shape index (κ3) is 4.69. The van der Waals surface area contributed by atoms with Gasteiger partial charge in [0, 0.05) is 19.0 Å². The molecule has 0 aromatic carbocycles. The summed E-state index contributed by atoms with van der Waals surface area (Å²) in [7, 11) is 0. The van der Waals surface area contributed by atoms with E-state index in [4.69, 9.17) is 4.74 Å². The third-order valence-electron chi connectivity index (χ3n) is 2.80. The standard InChI is InChI=1S/C13H22FNO4/c1-5-18-11(16)10(14)9-6-7-15(8-9)12(17)19-13(2,3)4/h9-10H,5-8H2,1-4H3. The van der Waals surface area contributed by atoms with E-state index in [0.29, 0.717) is 13.0 Å². The summed E-state index contributed by atoms with van der Waals surface area (Å²) in [6.45, 7) is 7.70. The molecule has 0 radical (unpaired) electrons. The lowest BCUT2D eigenvalue weighted by molar-refractivity contribution is -0.151. The summed E-state index contributed by atoms with van der Waals surface area (Å²) in [5.74, 6) is -1.36. The Balaban J connectivity index is 2.49. The van der Waals surface area contributed by atoms with Crippen molar-refractivity contribution >= 4 is 12.1 Å². The van der Waals surface area contributed by atoms with E-state index in [-0.39, 0.29) is 13.2 Å². The Morgan fingerprint density at radius 1 is 1.42 bits per heavy atom. The highest BCUT2D eigenvalue weighted by Gasteiger charge is 2.37. The highest BCUT2D eigenvalue weighted by molar-refractivity contribution is 5.75. The number of carbonyl (C=O) groups excluding carboxylic acids is 2. The first-order chi connectivity index (χ1) is 8.74. The molecule has 2 atom stereocenters. The molecule has 1 aliphatic heterocycles. The van der Waals surface area contributed by atoms with Crippen molar-refractivity contribution in [2.24, 2.45) is 5.92 Å². The van der Waals surface area contributed by atoms with E-state index >= 15 is 0 Å². The van der Waals surface area contributed by atoms with Gasteiger partial charge in [0.15, 0.2) is 0 Å². The Bertz CT molecular complexity index is 340. The molecular formula is C13H22FNO4. The highest BCUT2D eigenvalue weighted by Crippen LogP contribution is 2.24. The first-order valence-corrected chi connectivity index (χ1v) is 6.53. The second-order valence-corrected chi connectivity index (χ2v) is 5.63. The van der Waals surface area contributed by atoms with Gasteiger partial charge < -0.3 is 14.4 Å². The lowest BCUT2D eigenvalue weighted by atomic mass is 10.0. The number of rotatable bonds is 3. The number of likely N-dealkylation sites (tertiary alicyclic amines) is 1. The molecule has 2 unspecified atom stereocenters. The maximum Gasteiger partial charge on any atom is 0.410 e. The minimum atomic E-state index is -1.67. The molecule has 0 bridgehead atoms. The van der Waals surface area contributed by atoms with Crippen LogP contribution in [-0.2, 0) is 14.3 Å². The molecular weight excluding hydrogens is 253 g/mol. The zero-order chi connectivity index (χ0) is 14.6. The second-order valence-electron chi connectivity index (χ2n) is 5.63. The number of alkyl halides is 1. The molecule has 19 heavy (non-hydrogen) atoms. The van der Waals surface area contributed by atoms with E-state index < -0.39 is 29.8 Å². The van der Waals surface area contributed by atoms with Gasteiger partial charge in [0.25, 0.3) is 0 Å². The van der Waals surface area contributed by atoms with Gasteiger partial charge in [-0.25, -0.2) is 14.0 Å². The van der Waals surface area contributed by atoms with Crippen LogP contribution in [-0.4, -0.2) is 48.4 Å². The lowest BCUT2D eigenvalue weighted by Crippen LogP contribution is -2.37. The fourth-order valence-corrected chi connectivity index (χ4v) is 1.93. The third-order valence-corrected chi connectivity index (χ3v) is 2.80. The smallest absolute Gasteiger partial charge is 0.410 e. The van der Waals surface area contributed by atoms with Gasteiger partial charge in [0.05, 0.1) is 6.61 Å². The number of hydrogen-bond acceptors (Lipinski definition) is 4. The van der Waals surface area contributed by atoms with Crippen molar-refractivity contribution < 1.29 is 23.5 Å². The summed E-state index contributed by atoms with van der Waals surface area (Å²) in [6, 6.07) is 0. The average molecular weight is 275 g/mol. The van der Waals surface area contributed by atoms with Crippen LogP contribution < -0.4 is 0 Å². The van der Waals surface area contributed by atoms with Gasteiger partial charge in [0.1, 0.15) is 5.60 Å². The van der Waals surface area contributed by atoms with E-state index in [1.165, 1.54) is 4.90 Å². The summed E-state index contributed by atoms with van der Waals surface area (Å²) in [5.41, 5.74) is -0.578. The summed E-state index contributed by atoms with van der Waals surface area (Å²) < 4.78 is 23.7. The predicted octanol–water partition coefficient (Wildman–Crippen LogP) is 2.14. The van der Waals surface area contributed by atoms with Crippen molar-refractivity contribution in [3.05, 3.63) is 0 Å². The summed E-state index contributed by atoms with van der Waals surface area (Å²) >= 11 is 0. The topological polar surface area (TPSA) is 55.8 Å². The van der Waals surface area contributed by atoms with Crippen LogP contribution in [0.5, 0.6) is 0 Å². The minimum absolute atomic E-state index is 0.155. The maximum absolute atomic E-state index is 13.8. The summed E-state index contributed by atoms with van der Waals surface area (Å²) in [5, 5.41) is 0. The van der Waals surface area contributed by atoms with E-state index in [1.54, 1.807) is 27.7 Å². The van der Waals surface area contributed by atoms with Crippen molar-refractivity contribution in [2.75, 3.05) is 19.7 Å². The van der Waals surface area contributed by atoms with Crippen molar-refractivity contribution in [3.63, 3.8) is 0 Å². The largest absolute Gasteiger partial charge is 0.464 e. The predicted molar refractivity (Wildman–Crippen MR) is 67.4 cm³/mol. The van der Waals surface area contributed by atoms with E-state index in [9.17, 15) is 14.0 Å². The number of hydrogen-bond donors (Lipinski definition) is 0. The maximum atomic E-state index is 13.8. The van der Waals surface area contributed by atoms with E-state index in [1.807, 2.05) is 0 Å². The number of esters is 1. The van der Waals surface area contributed by atoms with E-state index in [2.05, 4.69) is 4.74 Å². The van der Waals surface area contributed by atoms with Crippen LogP contribution in [0.2, 0.25) is 0 Å². The number of halogens is 1. The molecule has 110 valence electrons. The van der Waals surface area contributed by atoms with E-state index in [0.717, 1.165) is 0 Å². The zero-order valence-electron chi connectivity index (χ0n) is 11.9. The molecule has 1 aliphatic rings. The molecule has 0 aromatic rings. The molecule has 1 rings (SSSR count). The Morgan fingerprint density at radius 3 is 2.58 bits per heavy atom. The van der Waals surface area contributed by atoms with Crippen LogP contribution in [0.25, 0.3) is 0 Å². The number of carbonyl (C=O) groups is 2. The lowest BCUT2D eigenvalue weighted by Gasteiger charge is -2.24. The van der Waals surface area contributed by atoms with Crippen LogP contribution in [0.4, 0.5) is 9.18 Å². The monoisotopic (exact) mass is 275 g/mol.